The van der Waals surface area contributed by atoms with Crippen LogP contribution >= 0.6 is 0 Å². The first-order valence-electron chi connectivity index (χ1n) is 10.7. The van der Waals surface area contributed by atoms with Gasteiger partial charge in [0, 0.05) is 43.1 Å². The summed E-state index contributed by atoms with van der Waals surface area (Å²) in [5.41, 5.74) is 5.04. The summed E-state index contributed by atoms with van der Waals surface area (Å²) in [4.78, 5) is 31.5. The van der Waals surface area contributed by atoms with E-state index in [1.165, 1.54) is 24.3 Å². The molecular formula is C23H19F3N8O3. The van der Waals surface area contributed by atoms with Gasteiger partial charge in [-0.25, -0.2) is 4.79 Å². The minimum atomic E-state index is -4.81. The molecule has 2 aromatic carbocycles. The number of primary amides is 1. The van der Waals surface area contributed by atoms with E-state index in [1.807, 2.05) is 9.80 Å². The molecule has 11 nitrogen and oxygen atoms in total. The lowest BCUT2D eigenvalue weighted by atomic mass is 10.2. The number of halogens is 3. The van der Waals surface area contributed by atoms with Crippen LogP contribution < -0.4 is 20.7 Å². The summed E-state index contributed by atoms with van der Waals surface area (Å²) in [6.07, 6.45) is -4.11. The number of alkyl halides is 3. The Balaban J connectivity index is 1.54. The van der Waals surface area contributed by atoms with Crippen LogP contribution in [0.15, 0.2) is 59.6 Å². The molecule has 1 aliphatic heterocycles. The van der Waals surface area contributed by atoms with Crippen molar-refractivity contribution < 1.29 is 27.5 Å². The molecule has 14 heteroatoms. The van der Waals surface area contributed by atoms with Crippen LogP contribution in [-0.2, 0) is 6.18 Å². The van der Waals surface area contributed by atoms with Crippen molar-refractivity contribution in [3.63, 3.8) is 0 Å². The number of carbonyl (C=O) groups excluding carboxylic acids is 2. The third kappa shape index (κ3) is 5.45. The summed E-state index contributed by atoms with van der Waals surface area (Å²) in [6, 6.07) is 12.4. The van der Waals surface area contributed by atoms with Crippen molar-refractivity contribution in [1.82, 2.24) is 14.7 Å². The van der Waals surface area contributed by atoms with Crippen molar-refractivity contribution in [1.29, 1.82) is 5.26 Å². The molecule has 0 aliphatic carbocycles. The molecule has 0 bridgehead atoms. The van der Waals surface area contributed by atoms with Gasteiger partial charge in [0.15, 0.2) is 5.69 Å². The number of aromatic nitrogens is 2. The Kier molecular flexibility index (Phi) is 6.70. The monoisotopic (exact) mass is 512 g/mol. The van der Waals surface area contributed by atoms with Gasteiger partial charge in [-0.1, -0.05) is 6.07 Å². The Morgan fingerprint density at radius 3 is 2.51 bits per heavy atom. The zero-order valence-electron chi connectivity index (χ0n) is 19.2. The predicted octanol–water partition coefficient (Wildman–Crippen LogP) is 3.19. The SMILES string of the molecule is CN1CCN(c2ccc(NC(=O)Oc3cc(C(F)(F)F)nn3-c3cccc(C(N)=O)c3)cc2)C1=NC#N. The van der Waals surface area contributed by atoms with Gasteiger partial charge in [-0.3, -0.25) is 10.1 Å². The van der Waals surface area contributed by atoms with E-state index < -0.39 is 29.8 Å². The maximum Gasteiger partial charge on any atom is 0.435 e. The zero-order chi connectivity index (χ0) is 26.7. The Morgan fingerprint density at radius 2 is 1.86 bits per heavy atom. The number of nitrogens with zero attached hydrogens (tertiary/aromatic N) is 6. The fourth-order valence-electron chi connectivity index (χ4n) is 3.61. The number of rotatable bonds is 5. The molecule has 2 heterocycles. The molecule has 0 spiro atoms. The molecule has 3 N–H and O–H groups in total. The number of hydrogen-bond acceptors (Lipinski definition) is 6. The number of nitrogens with two attached hydrogens (primary N) is 1. The molecule has 0 saturated carbocycles. The summed E-state index contributed by atoms with van der Waals surface area (Å²) >= 11 is 0. The molecule has 0 radical (unpaired) electrons. The highest BCUT2D eigenvalue weighted by Gasteiger charge is 2.36. The Morgan fingerprint density at radius 1 is 1.14 bits per heavy atom. The lowest BCUT2D eigenvalue weighted by molar-refractivity contribution is -0.141. The largest absolute Gasteiger partial charge is 0.435 e. The van der Waals surface area contributed by atoms with Gasteiger partial charge in [0.05, 0.1) is 5.69 Å². The standard InChI is InChI=1S/C23H19F3N8O3/c1-32-9-10-33(21(32)29-13-27)16-7-5-15(6-8-16)30-22(36)37-19-12-18(23(24,25)26)31-34(19)17-4-2-3-14(11-17)20(28)35/h2-8,11-12H,9-10H2,1H3,(H2,28,35)(H,30,36). The molecule has 0 unspecified atom stereocenters. The van der Waals surface area contributed by atoms with Crippen molar-refractivity contribution >= 4 is 29.3 Å². The smallest absolute Gasteiger partial charge is 0.391 e. The van der Waals surface area contributed by atoms with Gasteiger partial charge in [-0.2, -0.15) is 28.2 Å². The Labute approximate surface area is 208 Å². The summed E-state index contributed by atoms with van der Waals surface area (Å²) in [5, 5.41) is 14.8. The molecule has 37 heavy (non-hydrogen) atoms. The molecule has 1 aromatic heterocycles. The molecule has 3 aromatic rings. The van der Waals surface area contributed by atoms with E-state index in [1.54, 1.807) is 37.5 Å². The lowest BCUT2D eigenvalue weighted by Crippen LogP contribution is -2.31. The van der Waals surface area contributed by atoms with Crippen LogP contribution in [0, 0.1) is 11.5 Å². The number of guanidine groups is 1. The van der Waals surface area contributed by atoms with Gasteiger partial charge < -0.3 is 20.3 Å². The van der Waals surface area contributed by atoms with Gasteiger partial charge in [-0.05, 0) is 42.5 Å². The van der Waals surface area contributed by atoms with Crippen LogP contribution in [0.2, 0.25) is 0 Å². The normalized spacial score (nSPS) is 14.5. The van der Waals surface area contributed by atoms with Crippen LogP contribution in [0.25, 0.3) is 5.69 Å². The van der Waals surface area contributed by atoms with Gasteiger partial charge in [0.25, 0.3) is 0 Å². The van der Waals surface area contributed by atoms with Crippen molar-refractivity contribution in [2.75, 3.05) is 30.4 Å². The van der Waals surface area contributed by atoms with Gasteiger partial charge in [0.2, 0.25) is 23.9 Å². The molecule has 4 rings (SSSR count). The van der Waals surface area contributed by atoms with E-state index in [9.17, 15) is 22.8 Å². The highest BCUT2D eigenvalue weighted by molar-refractivity contribution is 5.98. The number of hydrogen-bond donors (Lipinski definition) is 2. The highest BCUT2D eigenvalue weighted by Crippen LogP contribution is 2.32. The number of anilines is 2. The molecule has 2 amide bonds. The average Bonchev–Trinajstić information content (AvgIpc) is 3.44. The predicted molar refractivity (Wildman–Crippen MR) is 126 cm³/mol. The number of likely N-dealkylation sites (N-methyl/N-ethyl adjacent to an activating group) is 1. The number of carbonyl (C=O) groups is 2. The van der Waals surface area contributed by atoms with Crippen molar-refractivity contribution in [3.8, 4) is 17.8 Å². The number of nitrogens with one attached hydrogen (secondary N) is 1. The fraction of sp³-hybridized carbons (Fsp3) is 0.174. The van der Waals surface area contributed by atoms with Crippen LogP contribution in [-0.4, -0.2) is 52.8 Å². The minimum absolute atomic E-state index is 0.0317. The lowest BCUT2D eigenvalue weighted by Gasteiger charge is -2.19. The van der Waals surface area contributed by atoms with Gasteiger partial charge in [0.1, 0.15) is 0 Å². The van der Waals surface area contributed by atoms with E-state index in [-0.39, 0.29) is 11.3 Å². The maximum absolute atomic E-state index is 13.3. The second-order valence-electron chi connectivity index (χ2n) is 7.84. The molecule has 1 aliphatic rings. The molecule has 0 atom stereocenters. The molecular weight excluding hydrogens is 493 g/mol. The number of benzene rings is 2. The third-order valence-corrected chi connectivity index (χ3v) is 5.36. The third-order valence-electron chi connectivity index (χ3n) is 5.36. The number of ether oxygens (including phenoxy) is 1. The Bertz CT molecular complexity index is 1410. The topological polar surface area (TPSA) is 142 Å². The summed E-state index contributed by atoms with van der Waals surface area (Å²) in [6.45, 7) is 1.27. The van der Waals surface area contributed by atoms with E-state index in [2.05, 4.69) is 15.4 Å². The van der Waals surface area contributed by atoms with E-state index in [4.69, 9.17) is 15.7 Å². The van der Waals surface area contributed by atoms with Crippen molar-refractivity contribution in [3.05, 3.63) is 65.9 Å². The second kappa shape index (κ2) is 9.90. The maximum atomic E-state index is 13.3. The van der Waals surface area contributed by atoms with E-state index in [0.717, 1.165) is 10.4 Å². The van der Waals surface area contributed by atoms with E-state index >= 15 is 0 Å². The first kappa shape index (κ1) is 25.0. The molecule has 1 saturated heterocycles. The van der Waals surface area contributed by atoms with Crippen molar-refractivity contribution in [2.24, 2.45) is 10.7 Å². The number of amides is 2. The Hall–Kier alpha value is -5.06. The molecule has 1 fully saturated rings. The number of aliphatic imine (C=N–C) groups is 1. The zero-order valence-corrected chi connectivity index (χ0v) is 19.2. The first-order valence-corrected chi connectivity index (χ1v) is 10.7. The number of nitriles is 1. The summed E-state index contributed by atoms with van der Waals surface area (Å²) in [7, 11) is 1.81. The van der Waals surface area contributed by atoms with Crippen LogP contribution in [0.5, 0.6) is 5.88 Å². The van der Waals surface area contributed by atoms with Gasteiger partial charge in [-0.15, -0.1) is 4.99 Å². The van der Waals surface area contributed by atoms with Crippen LogP contribution in [0.4, 0.5) is 29.3 Å². The van der Waals surface area contributed by atoms with Gasteiger partial charge >= 0.3 is 12.3 Å². The molecule has 190 valence electrons. The minimum Gasteiger partial charge on any atom is -0.391 e. The summed E-state index contributed by atoms with van der Waals surface area (Å²) < 4.78 is 45.8. The highest BCUT2D eigenvalue weighted by atomic mass is 19.4. The average molecular weight is 512 g/mol. The van der Waals surface area contributed by atoms with Crippen LogP contribution in [0.3, 0.4) is 0 Å². The van der Waals surface area contributed by atoms with Crippen LogP contribution in [0.1, 0.15) is 16.1 Å². The first-order chi connectivity index (χ1) is 17.6. The second-order valence-corrected chi connectivity index (χ2v) is 7.84. The quantitative estimate of drug-likeness (QED) is 0.500. The van der Waals surface area contributed by atoms with Crippen molar-refractivity contribution in [2.45, 2.75) is 6.18 Å². The fourth-order valence-corrected chi connectivity index (χ4v) is 3.61. The van der Waals surface area contributed by atoms with E-state index in [0.29, 0.717) is 30.8 Å². The summed E-state index contributed by atoms with van der Waals surface area (Å²) in [5.74, 6) is -0.836.